The minimum atomic E-state index is -0.584. The van der Waals surface area contributed by atoms with Gasteiger partial charge in [0.15, 0.2) is 0 Å². The number of rotatable bonds is 2. The zero-order valence-corrected chi connectivity index (χ0v) is 8.25. The number of hydrogen-bond acceptors (Lipinski definition) is 2. The van der Waals surface area contributed by atoms with E-state index in [1.807, 2.05) is 6.92 Å². The van der Waals surface area contributed by atoms with Gasteiger partial charge < -0.3 is 5.32 Å². The van der Waals surface area contributed by atoms with Gasteiger partial charge in [-0.1, -0.05) is 0 Å². The third-order valence-corrected chi connectivity index (χ3v) is 3.55. The van der Waals surface area contributed by atoms with E-state index in [-0.39, 0.29) is 18.0 Å². The van der Waals surface area contributed by atoms with E-state index in [1.165, 1.54) is 4.90 Å². The highest BCUT2D eigenvalue weighted by atomic mass is 16.2. The van der Waals surface area contributed by atoms with Crippen molar-refractivity contribution in [2.75, 3.05) is 0 Å². The van der Waals surface area contributed by atoms with Crippen molar-refractivity contribution in [3.63, 3.8) is 0 Å². The van der Waals surface area contributed by atoms with Gasteiger partial charge in [-0.05, 0) is 38.5 Å². The van der Waals surface area contributed by atoms with E-state index in [1.54, 1.807) is 0 Å². The number of nitrogens with one attached hydrogen (secondary N) is 1. The van der Waals surface area contributed by atoms with Crippen LogP contribution < -0.4 is 5.32 Å². The molecular formula is C10H14N2O2. The van der Waals surface area contributed by atoms with E-state index in [0.29, 0.717) is 5.92 Å². The van der Waals surface area contributed by atoms with Gasteiger partial charge in [0.2, 0.25) is 0 Å². The largest absolute Gasteiger partial charge is 0.325 e. The molecule has 1 N–H and O–H groups in total. The Morgan fingerprint density at radius 2 is 1.93 bits per heavy atom. The van der Waals surface area contributed by atoms with Gasteiger partial charge in [-0.2, -0.15) is 0 Å². The first-order valence-corrected chi connectivity index (χ1v) is 5.29. The van der Waals surface area contributed by atoms with Crippen LogP contribution in [0.1, 0.15) is 32.6 Å². The summed E-state index contributed by atoms with van der Waals surface area (Å²) in [5.41, 5.74) is -0.584. The summed E-state index contributed by atoms with van der Waals surface area (Å²) in [5.74, 6) is 0.384. The Labute approximate surface area is 82.6 Å². The number of carbonyl (C=O) groups is 2. The summed E-state index contributed by atoms with van der Waals surface area (Å²) in [6.07, 6.45) is 4.11. The van der Waals surface area contributed by atoms with Crippen LogP contribution in [-0.2, 0) is 4.79 Å². The fraction of sp³-hybridized carbons (Fsp3) is 0.800. The van der Waals surface area contributed by atoms with Gasteiger partial charge in [-0.3, -0.25) is 9.69 Å². The van der Waals surface area contributed by atoms with Crippen molar-refractivity contribution in [2.24, 2.45) is 5.92 Å². The molecule has 2 aliphatic carbocycles. The summed E-state index contributed by atoms with van der Waals surface area (Å²) in [4.78, 5) is 25.1. The summed E-state index contributed by atoms with van der Waals surface area (Å²) in [7, 11) is 0. The highest BCUT2D eigenvalue weighted by Crippen LogP contribution is 2.44. The smallest absolute Gasteiger partial charge is 0.323 e. The standard InChI is InChI=1S/C10H14N2O2/c1-10(6-2-3-6)8(13)12(7-4-5-7)9(14)11-10/h6-7H,2-5H2,1H3,(H,11,14). The van der Waals surface area contributed by atoms with E-state index in [9.17, 15) is 9.59 Å². The van der Waals surface area contributed by atoms with Crippen LogP contribution in [0.2, 0.25) is 0 Å². The highest BCUT2D eigenvalue weighted by Gasteiger charge is 2.58. The minimum Gasteiger partial charge on any atom is -0.323 e. The molecule has 1 saturated heterocycles. The molecule has 3 fully saturated rings. The third kappa shape index (κ3) is 0.938. The molecule has 0 radical (unpaired) electrons. The van der Waals surface area contributed by atoms with Crippen LogP contribution in [0.3, 0.4) is 0 Å². The lowest BCUT2D eigenvalue weighted by Crippen LogP contribution is -2.46. The molecule has 3 aliphatic rings. The lowest BCUT2D eigenvalue weighted by atomic mass is 9.96. The van der Waals surface area contributed by atoms with Crippen molar-refractivity contribution in [2.45, 2.75) is 44.2 Å². The van der Waals surface area contributed by atoms with Crippen molar-refractivity contribution in [1.29, 1.82) is 0 Å². The molecule has 4 heteroatoms. The summed E-state index contributed by atoms with van der Waals surface area (Å²) in [6.45, 7) is 1.87. The van der Waals surface area contributed by atoms with Crippen LogP contribution in [-0.4, -0.2) is 28.4 Å². The molecular weight excluding hydrogens is 180 g/mol. The second-order valence-electron chi connectivity index (χ2n) is 4.81. The number of amides is 3. The van der Waals surface area contributed by atoms with Crippen LogP contribution in [0.25, 0.3) is 0 Å². The fourth-order valence-corrected chi connectivity index (χ4v) is 2.28. The number of nitrogens with zero attached hydrogens (tertiary/aromatic N) is 1. The van der Waals surface area contributed by atoms with Crippen LogP contribution in [0, 0.1) is 5.92 Å². The Hall–Kier alpha value is -1.06. The average Bonchev–Trinajstić information content (AvgIpc) is 2.99. The molecule has 4 nitrogen and oxygen atoms in total. The van der Waals surface area contributed by atoms with Gasteiger partial charge in [0.25, 0.3) is 5.91 Å². The summed E-state index contributed by atoms with van der Waals surface area (Å²) in [5, 5.41) is 2.85. The van der Waals surface area contributed by atoms with Crippen molar-refractivity contribution >= 4 is 11.9 Å². The number of hydrogen-bond donors (Lipinski definition) is 1. The molecule has 14 heavy (non-hydrogen) atoms. The van der Waals surface area contributed by atoms with Crippen molar-refractivity contribution in [3.8, 4) is 0 Å². The molecule has 76 valence electrons. The molecule has 1 aliphatic heterocycles. The average molecular weight is 194 g/mol. The van der Waals surface area contributed by atoms with E-state index in [0.717, 1.165) is 25.7 Å². The molecule has 3 amide bonds. The maximum Gasteiger partial charge on any atom is 0.325 e. The molecule has 0 aromatic carbocycles. The van der Waals surface area contributed by atoms with Crippen LogP contribution >= 0.6 is 0 Å². The Kier molecular flexibility index (Phi) is 1.36. The molecule has 0 aromatic rings. The van der Waals surface area contributed by atoms with Crippen LogP contribution in [0.5, 0.6) is 0 Å². The zero-order valence-electron chi connectivity index (χ0n) is 8.25. The lowest BCUT2D eigenvalue weighted by Gasteiger charge is -2.20. The van der Waals surface area contributed by atoms with Gasteiger partial charge in [-0.15, -0.1) is 0 Å². The fourth-order valence-electron chi connectivity index (χ4n) is 2.28. The predicted octanol–water partition coefficient (Wildman–Crippen LogP) is 0.869. The molecule has 1 unspecified atom stereocenters. The summed E-state index contributed by atoms with van der Waals surface area (Å²) >= 11 is 0. The first kappa shape index (κ1) is 8.26. The van der Waals surface area contributed by atoms with Crippen molar-refractivity contribution < 1.29 is 9.59 Å². The monoisotopic (exact) mass is 194 g/mol. The SMILES string of the molecule is CC1(C2CC2)NC(=O)N(C2CC2)C1=O. The van der Waals surface area contributed by atoms with E-state index < -0.39 is 5.54 Å². The normalized spacial score (nSPS) is 37.6. The Bertz CT molecular complexity index is 320. The highest BCUT2D eigenvalue weighted by molar-refractivity contribution is 6.07. The quantitative estimate of drug-likeness (QED) is 0.663. The topological polar surface area (TPSA) is 49.4 Å². The lowest BCUT2D eigenvalue weighted by molar-refractivity contribution is -0.131. The maximum atomic E-state index is 12.0. The van der Waals surface area contributed by atoms with Gasteiger partial charge in [-0.25, -0.2) is 4.79 Å². The van der Waals surface area contributed by atoms with Gasteiger partial charge >= 0.3 is 6.03 Å². The molecule has 0 aromatic heterocycles. The minimum absolute atomic E-state index is 0.00694. The number of carbonyl (C=O) groups excluding carboxylic acids is 2. The molecule has 1 atom stereocenters. The Morgan fingerprint density at radius 3 is 2.43 bits per heavy atom. The Balaban J connectivity index is 1.89. The molecule has 3 rings (SSSR count). The summed E-state index contributed by atoms with van der Waals surface area (Å²) in [6, 6.07) is 0.0231. The van der Waals surface area contributed by atoms with Crippen molar-refractivity contribution in [3.05, 3.63) is 0 Å². The number of urea groups is 1. The van der Waals surface area contributed by atoms with Crippen LogP contribution in [0.4, 0.5) is 4.79 Å². The molecule has 0 spiro atoms. The van der Waals surface area contributed by atoms with Crippen molar-refractivity contribution in [1.82, 2.24) is 10.2 Å². The van der Waals surface area contributed by atoms with Gasteiger partial charge in [0, 0.05) is 6.04 Å². The zero-order chi connectivity index (χ0) is 9.92. The van der Waals surface area contributed by atoms with E-state index in [2.05, 4.69) is 5.32 Å². The Morgan fingerprint density at radius 1 is 1.29 bits per heavy atom. The molecule has 0 bridgehead atoms. The second-order valence-corrected chi connectivity index (χ2v) is 4.81. The number of imide groups is 1. The second kappa shape index (κ2) is 2.30. The maximum absolute atomic E-state index is 12.0. The van der Waals surface area contributed by atoms with E-state index >= 15 is 0 Å². The van der Waals surface area contributed by atoms with E-state index in [4.69, 9.17) is 0 Å². The third-order valence-electron chi connectivity index (χ3n) is 3.55. The first-order chi connectivity index (χ1) is 6.63. The van der Waals surface area contributed by atoms with Gasteiger partial charge in [0.1, 0.15) is 5.54 Å². The summed E-state index contributed by atoms with van der Waals surface area (Å²) < 4.78 is 0. The molecule has 2 saturated carbocycles. The predicted molar refractivity (Wildman–Crippen MR) is 49.5 cm³/mol. The molecule has 1 heterocycles. The first-order valence-electron chi connectivity index (χ1n) is 5.29. The van der Waals surface area contributed by atoms with Gasteiger partial charge in [0.05, 0.1) is 0 Å². The van der Waals surface area contributed by atoms with Crippen LogP contribution in [0.15, 0.2) is 0 Å².